The van der Waals surface area contributed by atoms with Gasteiger partial charge >= 0.3 is 0 Å². The van der Waals surface area contributed by atoms with Crippen LogP contribution >= 0.6 is 11.3 Å². The van der Waals surface area contributed by atoms with E-state index in [9.17, 15) is 4.79 Å². The third-order valence-corrected chi connectivity index (χ3v) is 3.56. The fourth-order valence-corrected chi connectivity index (χ4v) is 2.41. The molecule has 0 aliphatic carbocycles. The lowest BCUT2D eigenvalue weighted by Gasteiger charge is -2.02. The summed E-state index contributed by atoms with van der Waals surface area (Å²) in [6, 6.07) is 5.66. The largest absolute Gasteiger partial charge is 0.469 e. The number of nitrogens with one attached hydrogen (secondary N) is 1. The first kappa shape index (κ1) is 14.4. The smallest absolute Gasteiger partial charge is 0.220 e. The Hall–Kier alpha value is -2.03. The van der Waals surface area contributed by atoms with Crippen molar-refractivity contribution < 1.29 is 9.21 Å². The Morgan fingerprint density at radius 3 is 3.15 bits per heavy atom. The van der Waals surface area contributed by atoms with Crippen LogP contribution in [0.5, 0.6) is 0 Å². The summed E-state index contributed by atoms with van der Waals surface area (Å²) in [7, 11) is 0. The van der Waals surface area contributed by atoms with Crippen molar-refractivity contribution in [1.29, 1.82) is 0 Å². The molecule has 0 fully saturated rings. The lowest BCUT2D eigenvalue weighted by atomic mass is 10.2. The molecule has 0 spiro atoms. The van der Waals surface area contributed by atoms with E-state index in [2.05, 4.69) is 17.2 Å². The van der Waals surface area contributed by atoms with Crippen LogP contribution in [-0.4, -0.2) is 12.5 Å². The Balaban J connectivity index is 1.74. The minimum atomic E-state index is 0.0180. The molecule has 104 valence electrons. The van der Waals surface area contributed by atoms with E-state index in [0.29, 0.717) is 25.9 Å². The average Bonchev–Trinajstić information content (AvgIpc) is 3.12. The van der Waals surface area contributed by atoms with Crippen LogP contribution in [0.1, 0.15) is 22.6 Å². The lowest BCUT2D eigenvalue weighted by Crippen LogP contribution is -2.22. The van der Waals surface area contributed by atoms with Crippen LogP contribution in [0.4, 0.5) is 0 Å². The van der Waals surface area contributed by atoms with Crippen molar-refractivity contribution in [1.82, 2.24) is 5.32 Å². The Kier molecular flexibility index (Phi) is 5.42. The van der Waals surface area contributed by atoms with Gasteiger partial charge in [-0.2, -0.15) is 0 Å². The Bertz CT molecular complexity index is 605. The second-order valence-corrected chi connectivity index (χ2v) is 5.16. The predicted octanol–water partition coefficient (Wildman–Crippen LogP) is 1.90. The summed E-state index contributed by atoms with van der Waals surface area (Å²) in [5.41, 5.74) is 6.26. The van der Waals surface area contributed by atoms with Gasteiger partial charge in [0.25, 0.3) is 0 Å². The normalized spacial score (nSPS) is 9.85. The lowest BCUT2D eigenvalue weighted by molar-refractivity contribution is -0.121. The number of furan rings is 1. The summed E-state index contributed by atoms with van der Waals surface area (Å²) in [5.74, 6) is 6.62. The number of rotatable bonds is 5. The average molecular weight is 288 g/mol. The highest BCUT2D eigenvalue weighted by Crippen LogP contribution is 2.13. The maximum atomic E-state index is 11.7. The standard InChI is InChI=1S/C15H16N2O2S/c16-7-1-3-12-9-14(20-11-12)10-17-15(18)6-5-13-4-2-8-19-13/h2,4,8-9,11H,5-7,10,16H2,(H,17,18). The van der Waals surface area contributed by atoms with E-state index in [1.54, 1.807) is 17.6 Å². The van der Waals surface area contributed by atoms with Crippen molar-refractivity contribution in [3.05, 3.63) is 46.0 Å². The van der Waals surface area contributed by atoms with E-state index in [1.807, 2.05) is 23.6 Å². The molecule has 0 bridgehead atoms. The maximum Gasteiger partial charge on any atom is 0.220 e. The van der Waals surface area contributed by atoms with E-state index < -0.39 is 0 Å². The Morgan fingerprint density at radius 1 is 1.50 bits per heavy atom. The van der Waals surface area contributed by atoms with Crippen molar-refractivity contribution in [2.24, 2.45) is 5.73 Å². The van der Waals surface area contributed by atoms with E-state index in [0.717, 1.165) is 16.2 Å². The highest BCUT2D eigenvalue weighted by Gasteiger charge is 2.05. The zero-order valence-electron chi connectivity index (χ0n) is 11.0. The molecule has 2 rings (SSSR count). The number of aryl methyl sites for hydroxylation is 1. The van der Waals surface area contributed by atoms with Crippen LogP contribution in [0.2, 0.25) is 0 Å². The fraction of sp³-hybridized carbons (Fsp3) is 0.267. The highest BCUT2D eigenvalue weighted by molar-refractivity contribution is 7.10. The van der Waals surface area contributed by atoms with Crippen molar-refractivity contribution in [2.75, 3.05) is 6.54 Å². The molecule has 0 saturated carbocycles. The molecule has 20 heavy (non-hydrogen) atoms. The zero-order valence-corrected chi connectivity index (χ0v) is 11.8. The molecule has 2 aromatic rings. The van der Waals surface area contributed by atoms with Gasteiger partial charge < -0.3 is 15.5 Å². The maximum absolute atomic E-state index is 11.7. The molecule has 2 heterocycles. The van der Waals surface area contributed by atoms with Crippen LogP contribution in [0, 0.1) is 11.8 Å². The quantitative estimate of drug-likeness (QED) is 0.826. The van der Waals surface area contributed by atoms with Crippen LogP contribution in [-0.2, 0) is 17.8 Å². The second kappa shape index (κ2) is 7.53. The highest BCUT2D eigenvalue weighted by atomic mass is 32.1. The molecule has 2 aromatic heterocycles. The van der Waals surface area contributed by atoms with Gasteiger partial charge in [0, 0.05) is 28.7 Å². The monoisotopic (exact) mass is 288 g/mol. The van der Waals surface area contributed by atoms with Crippen molar-refractivity contribution in [3.8, 4) is 11.8 Å². The number of hydrogen-bond donors (Lipinski definition) is 2. The Morgan fingerprint density at radius 2 is 2.40 bits per heavy atom. The summed E-state index contributed by atoms with van der Waals surface area (Å²) in [5, 5.41) is 4.85. The topological polar surface area (TPSA) is 68.3 Å². The number of amides is 1. The van der Waals surface area contributed by atoms with Crippen LogP contribution in [0.15, 0.2) is 34.3 Å². The van der Waals surface area contributed by atoms with E-state index in [4.69, 9.17) is 10.2 Å². The first-order valence-electron chi connectivity index (χ1n) is 6.33. The minimum absolute atomic E-state index is 0.0180. The Labute approximate surface area is 122 Å². The van der Waals surface area contributed by atoms with Gasteiger partial charge in [0.15, 0.2) is 0 Å². The molecule has 1 amide bonds. The van der Waals surface area contributed by atoms with Gasteiger partial charge in [0.2, 0.25) is 5.91 Å². The van der Waals surface area contributed by atoms with E-state index in [1.165, 1.54) is 0 Å². The molecule has 0 aliphatic heterocycles. The van der Waals surface area contributed by atoms with Crippen LogP contribution in [0.25, 0.3) is 0 Å². The molecule has 4 nitrogen and oxygen atoms in total. The summed E-state index contributed by atoms with van der Waals surface area (Å²) in [6.45, 7) is 0.890. The van der Waals surface area contributed by atoms with Gasteiger partial charge in [-0.3, -0.25) is 4.79 Å². The van der Waals surface area contributed by atoms with Gasteiger partial charge in [-0.05, 0) is 18.2 Å². The molecular weight excluding hydrogens is 272 g/mol. The number of nitrogens with two attached hydrogens (primary N) is 1. The SMILES string of the molecule is NCC#Cc1csc(CNC(=O)CCc2ccco2)c1. The number of thiophene rings is 1. The summed E-state index contributed by atoms with van der Waals surface area (Å²) >= 11 is 1.58. The summed E-state index contributed by atoms with van der Waals surface area (Å²) < 4.78 is 5.18. The first-order valence-corrected chi connectivity index (χ1v) is 7.21. The van der Waals surface area contributed by atoms with Crippen molar-refractivity contribution in [3.63, 3.8) is 0 Å². The molecule has 0 unspecified atom stereocenters. The molecule has 0 saturated heterocycles. The molecule has 5 heteroatoms. The number of carbonyl (C=O) groups excluding carboxylic acids is 1. The van der Waals surface area contributed by atoms with Gasteiger partial charge in [-0.15, -0.1) is 11.3 Å². The van der Waals surface area contributed by atoms with Gasteiger partial charge in [-0.25, -0.2) is 0 Å². The third kappa shape index (κ3) is 4.57. The van der Waals surface area contributed by atoms with E-state index in [-0.39, 0.29) is 5.91 Å². The van der Waals surface area contributed by atoms with Crippen LogP contribution < -0.4 is 11.1 Å². The first-order chi connectivity index (χ1) is 9.78. The molecule has 0 aliphatic rings. The number of hydrogen-bond acceptors (Lipinski definition) is 4. The zero-order chi connectivity index (χ0) is 14.2. The van der Waals surface area contributed by atoms with Gasteiger partial charge in [0.1, 0.15) is 5.76 Å². The second-order valence-electron chi connectivity index (χ2n) is 4.16. The molecule has 3 N–H and O–H groups in total. The minimum Gasteiger partial charge on any atom is -0.469 e. The summed E-state index contributed by atoms with van der Waals surface area (Å²) in [6.07, 6.45) is 2.66. The third-order valence-electron chi connectivity index (χ3n) is 2.63. The van der Waals surface area contributed by atoms with Crippen LogP contribution in [0.3, 0.4) is 0 Å². The molecule has 0 atom stereocenters. The van der Waals surface area contributed by atoms with Gasteiger partial charge in [-0.1, -0.05) is 11.8 Å². The molecule has 0 radical (unpaired) electrons. The fourth-order valence-electron chi connectivity index (χ4n) is 1.66. The summed E-state index contributed by atoms with van der Waals surface area (Å²) in [4.78, 5) is 12.8. The molecule has 0 aromatic carbocycles. The van der Waals surface area contributed by atoms with E-state index >= 15 is 0 Å². The number of carbonyl (C=O) groups is 1. The molecular formula is C15H16N2O2S. The van der Waals surface area contributed by atoms with Crippen molar-refractivity contribution >= 4 is 17.2 Å². The van der Waals surface area contributed by atoms with Gasteiger partial charge in [0.05, 0.1) is 19.4 Å². The predicted molar refractivity (Wildman–Crippen MR) is 79.1 cm³/mol. The van der Waals surface area contributed by atoms with Crippen molar-refractivity contribution in [2.45, 2.75) is 19.4 Å².